The van der Waals surface area contributed by atoms with E-state index in [1.165, 1.54) is 6.07 Å². The van der Waals surface area contributed by atoms with Gasteiger partial charge < -0.3 is 5.73 Å². The van der Waals surface area contributed by atoms with Crippen molar-refractivity contribution in [3.63, 3.8) is 0 Å². The zero-order chi connectivity index (χ0) is 13.1. The molecule has 0 radical (unpaired) electrons. The Bertz CT molecular complexity index is 447. The summed E-state index contributed by atoms with van der Waals surface area (Å²) in [6, 6.07) is 2.85. The van der Waals surface area contributed by atoms with Gasteiger partial charge in [0.15, 0.2) is 5.78 Å². The van der Waals surface area contributed by atoms with Crippen molar-refractivity contribution in [3.8, 4) is 0 Å². The molecule has 0 aliphatic heterocycles. The van der Waals surface area contributed by atoms with Gasteiger partial charge in [0.2, 0.25) is 0 Å². The number of halogens is 2. The fraction of sp³-hybridized carbons (Fsp3) is 0.500. The number of ketones is 1. The Morgan fingerprint density at radius 1 is 1.17 bits per heavy atom. The number of carbonyl (C=O) groups excluding carboxylic acids is 1. The van der Waals surface area contributed by atoms with Gasteiger partial charge in [-0.3, -0.25) is 4.79 Å². The van der Waals surface area contributed by atoms with E-state index < -0.39 is 11.6 Å². The van der Waals surface area contributed by atoms with E-state index in [1.54, 1.807) is 0 Å². The summed E-state index contributed by atoms with van der Waals surface area (Å²) in [5.41, 5.74) is 5.94. The Kier molecular flexibility index (Phi) is 4.07. The topological polar surface area (TPSA) is 43.1 Å². The second-order valence-corrected chi connectivity index (χ2v) is 4.90. The number of carbonyl (C=O) groups is 1. The summed E-state index contributed by atoms with van der Waals surface area (Å²) in [5, 5.41) is 0. The number of nitrogens with two attached hydrogens (primary N) is 1. The molecule has 2 N–H and O–H groups in total. The lowest BCUT2D eigenvalue weighted by Crippen LogP contribution is -2.35. The predicted octanol–water partition coefficient (Wildman–Crippen LogP) is 3.06. The fourth-order valence-electron chi connectivity index (χ4n) is 2.55. The molecular formula is C14H17F2NO. The van der Waals surface area contributed by atoms with Gasteiger partial charge in [0, 0.05) is 18.0 Å². The number of hydrogen-bond acceptors (Lipinski definition) is 2. The van der Waals surface area contributed by atoms with Crippen LogP contribution >= 0.6 is 0 Å². The van der Waals surface area contributed by atoms with E-state index in [-0.39, 0.29) is 23.3 Å². The first-order valence-corrected chi connectivity index (χ1v) is 6.34. The minimum Gasteiger partial charge on any atom is -0.327 e. The number of Topliss-reactive ketones (excluding diaryl/α,β-unsaturated/α-hetero) is 1. The molecule has 1 aromatic rings. The largest absolute Gasteiger partial charge is 0.327 e. The van der Waals surface area contributed by atoms with Crippen molar-refractivity contribution >= 4 is 5.78 Å². The maximum atomic E-state index is 13.6. The third-order valence-electron chi connectivity index (χ3n) is 3.60. The number of rotatable bonds is 2. The molecule has 0 saturated heterocycles. The summed E-state index contributed by atoms with van der Waals surface area (Å²) >= 11 is 0. The van der Waals surface area contributed by atoms with Crippen LogP contribution in [0, 0.1) is 17.6 Å². The average Bonchev–Trinajstić information content (AvgIpc) is 2.53. The van der Waals surface area contributed by atoms with Crippen LogP contribution in [0.25, 0.3) is 0 Å². The minimum absolute atomic E-state index is 0.0428. The maximum absolute atomic E-state index is 13.6. The highest BCUT2D eigenvalue weighted by Crippen LogP contribution is 2.26. The molecule has 0 aromatic heterocycles. The standard InChI is InChI=1S/C14H17F2NO/c15-9-6-7-10(12(16)8-9)14(18)11-4-2-1-3-5-13(11)17/h6-8,11,13H,1-5,17H2. The van der Waals surface area contributed by atoms with Gasteiger partial charge in [-0.1, -0.05) is 19.3 Å². The normalized spacial score (nSPS) is 24.6. The molecule has 4 heteroatoms. The molecule has 2 nitrogen and oxygen atoms in total. The molecule has 1 aliphatic carbocycles. The lowest BCUT2D eigenvalue weighted by Gasteiger charge is -2.20. The van der Waals surface area contributed by atoms with Crippen LogP contribution in [-0.2, 0) is 0 Å². The van der Waals surface area contributed by atoms with Crippen molar-refractivity contribution < 1.29 is 13.6 Å². The summed E-state index contributed by atoms with van der Waals surface area (Å²) in [6.07, 6.45) is 4.49. The van der Waals surface area contributed by atoms with Gasteiger partial charge in [0.25, 0.3) is 0 Å². The van der Waals surface area contributed by atoms with E-state index in [1.807, 2.05) is 0 Å². The molecule has 0 bridgehead atoms. The Balaban J connectivity index is 2.23. The van der Waals surface area contributed by atoms with E-state index >= 15 is 0 Å². The Hall–Kier alpha value is -1.29. The Morgan fingerprint density at radius 3 is 2.61 bits per heavy atom. The molecule has 0 amide bonds. The van der Waals surface area contributed by atoms with Crippen molar-refractivity contribution in [3.05, 3.63) is 35.4 Å². The van der Waals surface area contributed by atoms with Crippen LogP contribution in [0.1, 0.15) is 42.5 Å². The van der Waals surface area contributed by atoms with Crippen LogP contribution in [0.2, 0.25) is 0 Å². The van der Waals surface area contributed by atoms with Gasteiger partial charge >= 0.3 is 0 Å². The van der Waals surface area contributed by atoms with E-state index in [4.69, 9.17) is 5.73 Å². The first-order chi connectivity index (χ1) is 8.59. The molecular weight excluding hydrogens is 236 g/mol. The van der Waals surface area contributed by atoms with Crippen molar-refractivity contribution in [2.75, 3.05) is 0 Å². The van der Waals surface area contributed by atoms with E-state index in [2.05, 4.69) is 0 Å². The van der Waals surface area contributed by atoms with Gasteiger partial charge in [-0.25, -0.2) is 8.78 Å². The van der Waals surface area contributed by atoms with Crippen molar-refractivity contribution in [2.45, 2.75) is 38.1 Å². The Morgan fingerprint density at radius 2 is 1.89 bits per heavy atom. The van der Waals surface area contributed by atoms with Crippen LogP contribution in [0.4, 0.5) is 8.78 Å². The van der Waals surface area contributed by atoms with Crippen LogP contribution in [-0.4, -0.2) is 11.8 Å². The highest BCUT2D eigenvalue weighted by Gasteiger charge is 2.29. The van der Waals surface area contributed by atoms with Crippen molar-refractivity contribution in [1.29, 1.82) is 0 Å². The number of benzene rings is 1. The van der Waals surface area contributed by atoms with Crippen LogP contribution < -0.4 is 5.73 Å². The molecule has 1 saturated carbocycles. The molecule has 2 atom stereocenters. The first kappa shape index (κ1) is 13.1. The molecule has 0 heterocycles. The average molecular weight is 253 g/mol. The van der Waals surface area contributed by atoms with Crippen LogP contribution in [0.3, 0.4) is 0 Å². The SMILES string of the molecule is NC1CCCCCC1C(=O)c1ccc(F)cc1F. The van der Waals surface area contributed by atoms with Gasteiger partial charge in [0.1, 0.15) is 11.6 Å². The molecule has 1 aromatic carbocycles. The van der Waals surface area contributed by atoms with E-state index in [9.17, 15) is 13.6 Å². The summed E-state index contributed by atoms with van der Waals surface area (Å²) in [6.45, 7) is 0. The molecule has 2 rings (SSSR count). The highest BCUT2D eigenvalue weighted by atomic mass is 19.1. The zero-order valence-electron chi connectivity index (χ0n) is 10.2. The second kappa shape index (κ2) is 5.57. The lowest BCUT2D eigenvalue weighted by molar-refractivity contribution is 0.0890. The van der Waals surface area contributed by atoms with E-state index in [0.29, 0.717) is 6.42 Å². The summed E-state index contributed by atoms with van der Waals surface area (Å²) in [4.78, 5) is 12.3. The van der Waals surface area contributed by atoms with Gasteiger partial charge in [-0.15, -0.1) is 0 Å². The molecule has 18 heavy (non-hydrogen) atoms. The van der Waals surface area contributed by atoms with Crippen LogP contribution in [0.5, 0.6) is 0 Å². The van der Waals surface area contributed by atoms with Crippen molar-refractivity contribution in [2.24, 2.45) is 11.7 Å². The first-order valence-electron chi connectivity index (χ1n) is 6.34. The molecule has 98 valence electrons. The summed E-state index contributed by atoms with van der Waals surface area (Å²) in [7, 11) is 0. The lowest BCUT2D eigenvalue weighted by atomic mass is 9.87. The molecule has 1 aliphatic rings. The van der Waals surface area contributed by atoms with Crippen molar-refractivity contribution in [1.82, 2.24) is 0 Å². The minimum atomic E-state index is -0.795. The zero-order valence-corrected chi connectivity index (χ0v) is 10.2. The van der Waals surface area contributed by atoms with E-state index in [0.717, 1.165) is 37.8 Å². The summed E-state index contributed by atoms with van der Waals surface area (Å²) in [5.74, 6) is -2.10. The highest BCUT2D eigenvalue weighted by molar-refractivity contribution is 5.98. The summed E-state index contributed by atoms with van der Waals surface area (Å²) < 4.78 is 26.4. The molecule has 2 unspecified atom stereocenters. The Labute approximate surface area is 105 Å². The van der Waals surface area contributed by atoms with Crippen LogP contribution in [0.15, 0.2) is 18.2 Å². The quantitative estimate of drug-likeness (QED) is 0.650. The smallest absolute Gasteiger partial charge is 0.170 e. The van der Waals surface area contributed by atoms with Gasteiger partial charge in [-0.05, 0) is 25.0 Å². The third kappa shape index (κ3) is 2.75. The fourth-order valence-corrected chi connectivity index (χ4v) is 2.55. The monoisotopic (exact) mass is 253 g/mol. The van der Waals surface area contributed by atoms with Gasteiger partial charge in [-0.2, -0.15) is 0 Å². The third-order valence-corrected chi connectivity index (χ3v) is 3.60. The molecule has 0 spiro atoms. The number of hydrogen-bond donors (Lipinski definition) is 1. The predicted molar refractivity (Wildman–Crippen MR) is 65.2 cm³/mol. The van der Waals surface area contributed by atoms with Gasteiger partial charge in [0.05, 0.1) is 5.56 Å². The molecule has 1 fully saturated rings. The maximum Gasteiger partial charge on any atom is 0.170 e. The second-order valence-electron chi connectivity index (χ2n) is 4.90.